The van der Waals surface area contributed by atoms with Gasteiger partial charge in [-0.3, -0.25) is 14.5 Å². The first kappa shape index (κ1) is 20.2. The van der Waals surface area contributed by atoms with Crippen LogP contribution in [0.4, 0.5) is 5.00 Å². The summed E-state index contributed by atoms with van der Waals surface area (Å²) in [6, 6.07) is 0. The van der Waals surface area contributed by atoms with E-state index in [0.717, 1.165) is 10.4 Å². The Hall–Kier alpha value is -1.49. The molecule has 10 heteroatoms. The fraction of sp³-hybridized carbons (Fsp3) is 0.647. The van der Waals surface area contributed by atoms with Crippen molar-refractivity contribution in [2.24, 2.45) is 0 Å². The average molecular weight is 416 g/mol. The third-order valence-electron chi connectivity index (χ3n) is 4.86. The molecule has 0 radical (unpaired) electrons. The molecule has 8 nitrogen and oxygen atoms in total. The van der Waals surface area contributed by atoms with Crippen LogP contribution in [0.25, 0.3) is 0 Å². The molecule has 150 valence electrons. The zero-order chi connectivity index (χ0) is 19.8. The minimum Gasteiger partial charge on any atom is -0.383 e. The lowest BCUT2D eigenvalue weighted by Gasteiger charge is -2.26. The maximum atomic E-state index is 12.9. The number of likely N-dealkylation sites (N-methyl/N-ethyl adjacent to an activating group) is 1. The zero-order valence-corrected chi connectivity index (χ0v) is 17.5. The molecule has 0 unspecified atom stereocenters. The maximum Gasteiger partial charge on any atom is 0.257 e. The van der Waals surface area contributed by atoms with Gasteiger partial charge in [0.05, 0.1) is 24.5 Å². The molecule has 3 heterocycles. The van der Waals surface area contributed by atoms with Gasteiger partial charge in [0.2, 0.25) is 15.9 Å². The molecule has 0 saturated heterocycles. The molecule has 1 aromatic heterocycles. The molecule has 0 aliphatic carbocycles. The van der Waals surface area contributed by atoms with Crippen LogP contribution in [0.2, 0.25) is 0 Å². The summed E-state index contributed by atoms with van der Waals surface area (Å²) in [5.41, 5.74) is 1.43. The van der Waals surface area contributed by atoms with Crippen LogP contribution in [0, 0.1) is 0 Å². The molecule has 3 rings (SSSR count). The second-order valence-electron chi connectivity index (χ2n) is 6.78. The van der Waals surface area contributed by atoms with Crippen molar-refractivity contribution in [3.05, 3.63) is 16.0 Å². The molecular formula is C17H25N3O5S2. The van der Waals surface area contributed by atoms with Crippen LogP contribution in [0.1, 0.15) is 34.1 Å². The Morgan fingerprint density at radius 3 is 2.63 bits per heavy atom. The standard InChI is InChI=1S/C17H25N3O5S2/c1-4-9-27(23,24)19-6-5-12-13(10-19)26-17-15(12)16(22)18(2)11-14(21)20(17)7-8-25-3/h4-11H2,1-3H3. The molecule has 0 N–H and O–H groups in total. The predicted molar refractivity (Wildman–Crippen MR) is 104 cm³/mol. The van der Waals surface area contributed by atoms with Gasteiger partial charge in [-0.25, -0.2) is 8.42 Å². The van der Waals surface area contributed by atoms with Gasteiger partial charge in [0, 0.05) is 32.1 Å². The second-order valence-corrected chi connectivity index (χ2v) is 9.95. The van der Waals surface area contributed by atoms with E-state index in [-0.39, 0.29) is 30.7 Å². The maximum absolute atomic E-state index is 12.9. The highest BCUT2D eigenvalue weighted by molar-refractivity contribution is 7.89. The van der Waals surface area contributed by atoms with Crippen LogP contribution < -0.4 is 4.90 Å². The van der Waals surface area contributed by atoms with Gasteiger partial charge in [-0.1, -0.05) is 6.92 Å². The Morgan fingerprint density at radius 2 is 1.96 bits per heavy atom. The molecule has 2 amide bonds. The second kappa shape index (κ2) is 7.86. The molecule has 0 spiro atoms. The number of fused-ring (bicyclic) bond motifs is 3. The summed E-state index contributed by atoms with van der Waals surface area (Å²) in [6.45, 7) is 3.22. The normalized spacial score (nSPS) is 18.5. The highest BCUT2D eigenvalue weighted by Crippen LogP contribution is 2.41. The number of carbonyl (C=O) groups is 2. The Labute approximate surface area is 163 Å². The first-order chi connectivity index (χ1) is 12.8. The van der Waals surface area contributed by atoms with Gasteiger partial charge in [0.25, 0.3) is 5.91 Å². The summed E-state index contributed by atoms with van der Waals surface area (Å²) >= 11 is 1.35. The Morgan fingerprint density at radius 1 is 1.22 bits per heavy atom. The van der Waals surface area contributed by atoms with Crippen LogP contribution in [0.3, 0.4) is 0 Å². The third kappa shape index (κ3) is 3.75. The molecule has 0 saturated carbocycles. The molecular weight excluding hydrogens is 390 g/mol. The van der Waals surface area contributed by atoms with Crippen molar-refractivity contribution in [1.29, 1.82) is 0 Å². The summed E-state index contributed by atoms with van der Waals surface area (Å²) in [7, 11) is -0.118. The Bertz CT molecular complexity index is 849. The van der Waals surface area contributed by atoms with Crippen molar-refractivity contribution in [3.8, 4) is 0 Å². The van der Waals surface area contributed by atoms with Gasteiger partial charge in [-0.05, 0) is 18.4 Å². The van der Waals surface area contributed by atoms with Crippen LogP contribution in [-0.2, 0) is 32.5 Å². The van der Waals surface area contributed by atoms with Crippen LogP contribution in [-0.4, -0.2) is 75.6 Å². The lowest BCUT2D eigenvalue weighted by atomic mass is 10.0. The topological polar surface area (TPSA) is 87.2 Å². The lowest BCUT2D eigenvalue weighted by Crippen LogP contribution is -2.39. The van der Waals surface area contributed by atoms with Crippen LogP contribution >= 0.6 is 11.3 Å². The molecule has 2 aliphatic heterocycles. The first-order valence-electron chi connectivity index (χ1n) is 8.97. The van der Waals surface area contributed by atoms with Crippen molar-refractivity contribution < 1.29 is 22.7 Å². The van der Waals surface area contributed by atoms with Crippen molar-refractivity contribution in [2.75, 3.05) is 51.1 Å². The number of rotatable bonds is 6. The minimum absolute atomic E-state index is 0.0235. The van der Waals surface area contributed by atoms with Gasteiger partial charge in [0.15, 0.2) is 0 Å². The zero-order valence-electron chi connectivity index (χ0n) is 15.9. The SMILES string of the molecule is CCCS(=O)(=O)N1CCc2c(sc3c2C(=O)N(C)CC(=O)N3CCOC)C1. The van der Waals surface area contributed by atoms with E-state index in [1.165, 1.54) is 20.5 Å². The summed E-state index contributed by atoms with van der Waals surface area (Å²) in [4.78, 5) is 29.4. The van der Waals surface area contributed by atoms with Crippen molar-refractivity contribution in [1.82, 2.24) is 9.21 Å². The van der Waals surface area contributed by atoms with E-state index >= 15 is 0 Å². The van der Waals surface area contributed by atoms with Crippen LogP contribution in [0.15, 0.2) is 0 Å². The van der Waals surface area contributed by atoms with E-state index in [2.05, 4.69) is 0 Å². The molecule has 27 heavy (non-hydrogen) atoms. The number of hydrogen-bond donors (Lipinski definition) is 0. The number of carbonyl (C=O) groups excluding carboxylic acids is 2. The third-order valence-corrected chi connectivity index (χ3v) is 8.12. The minimum atomic E-state index is -3.30. The number of ether oxygens (including phenoxy) is 1. The van der Waals surface area contributed by atoms with Crippen molar-refractivity contribution in [2.45, 2.75) is 26.3 Å². The molecule has 0 fully saturated rings. The average Bonchev–Trinajstić information content (AvgIpc) is 2.95. The summed E-state index contributed by atoms with van der Waals surface area (Å²) in [5, 5.41) is 0.617. The number of nitrogens with zero attached hydrogens (tertiary/aromatic N) is 3. The highest BCUT2D eigenvalue weighted by atomic mass is 32.2. The van der Waals surface area contributed by atoms with Gasteiger partial charge in [-0.15, -0.1) is 11.3 Å². The van der Waals surface area contributed by atoms with E-state index in [1.54, 1.807) is 19.1 Å². The highest BCUT2D eigenvalue weighted by Gasteiger charge is 2.38. The number of hydrogen-bond acceptors (Lipinski definition) is 6. The molecule has 2 aliphatic rings. The van der Waals surface area contributed by atoms with Gasteiger partial charge < -0.3 is 9.64 Å². The van der Waals surface area contributed by atoms with Gasteiger partial charge in [0.1, 0.15) is 11.5 Å². The van der Waals surface area contributed by atoms with Gasteiger partial charge >= 0.3 is 0 Å². The summed E-state index contributed by atoms with van der Waals surface area (Å²) < 4.78 is 31.5. The first-order valence-corrected chi connectivity index (χ1v) is 11.4. The number of sulfonamides is 1. The Kier molecular flexibility index (Phi) is 5.90. The van der Waals surface area contributed by atoms with E-state index in [4.69, 9.17) is 4.74 Å². The molecule has 0 aromatic carbocycles. The molecule has 0 atom stereocenters. The molecule has 1 aromatic rings. The number of amides is 2. The van der Waals surface area contributed by atoms with Crippen LogP contribution in [0.5, 0.6) is 0 Å². The van der Waals surface area contributed by atoms with Crippen molar-refractivity contribution in [3.63, 3.8) is 0 Å². The largest absolute Gasteiger partial charge is 0.383 e. The molecule has 0 bridgehead atoms. The van der Waals surface area contributed by atoms with Crippen molar-refractivity contribution >= 4 is 38.2 Å². The summed E-state index contributed by atoms with van der Waals surface area (Å²) in [6.07, 6.45) is 1.05. The number of thiophene rings is 1. The number of anilines is 1. The predicted octanol–water partition coefficient (Wildman–Crippen LogP) is 0.911. The Balaban J connectivity index is 2.02. The fourth-order valence-electron chi connectivity index (χ4n) is 3.47. The van der Waals surface area contributed by atoms with E-state index in [9.17, 15) is 18.0 Å². The van der Waals surface area contributed by atoms with E-state index in [1.807, 2.05) is 6.92 Å². The lowest BCUT2D eigenvalue weighted by molar-refractivity contribution is -0.119. The summed E-state index contributed by atoms with van der Waals surface area (Å²) in [5.74, 6) is -0.218. The van der Waals surface area contributed by atoms with E-state index in [0.29, 0.717) is 43.1 Å². The van der Waals surface area contributed by atoms with Gasteiger partial charge in [-0.2, -0.15) is 4.31 Å². The smallest absolute Gasteiger partial charge is 0.257 e. The fourth-order valence-corrected chi connectivity index (χ4v) is 6.42. The van der Waals surface area contributed by atoms with E-state index < -0.39 is 10.0 Å². The number of methoxy groups -OCH3 is 1. The monoisotopic (exact) mass is 415 g/mol. The quantitative estimate of drug-likeness (QED) is 0.689.